The number of hydrogen-bond acceptors (Lipinski definition) is 6. The summed E-state index contributed by atoms with van der Waals surface area (Å²) in [5.41, 5.74) is 0.866. The van der Waals surface area contributed by atoms with Crippen molar-refractivity contribution in [3.8, 4) is 0 Å². The van der Waals surface area contributed by atoms with Crippen LogP contribution >= 0.6 is 0 Å². The highest BCUT2D eigenvalue weighted by atomic mass is 16.6. The minimum Gasteiger partial charge on any atom is -0.439 e. The Morgan fingerprint density at radius 3 is 2.07 bits per heavy atom. The lowest BCUT2D eigenvalue weighted by Gasteiger charge is -2.21. The summed E-state index contributed by atoms with van der Waals surface area (Å²) < 4.78 is 5.08. The topological polar surface area (TPSA) is 112 Å². The van der Waals surface area contributed by atoms with Crippen LogP contribution in [0.25, 0.3) is 0 Å². The van der Waals surface area contributed by atoms with Crippen LogP contribution in [-0.2, 0) is 20.9 Å². The number of nitrogens with one attached hydrogen (secondary N) is 4. The van der Waals surface area contributed by atoms with Crippen molar-refractivity contribution in [1.82, 2.24) is 26.2 Å². The number of ether oxygens (including phenoxy) is 1. The van der Waals surface area contributed by atoms with Gasteiger partial charge >= 0.3 is 6.09 Å². The molecule has 9 nitrogen and oxygen atoms in total. The van der Waals surface area contributed by atoms with Gasteiger partial charge in [-0.25, -0.2) is 4.79 Å². The van der Waals surface area contributed by atoms with E-state index in [-0.39, 0.29) is 31.5 Å². The van der Waals surface area contributed by atoms with Crippen LogP contribution in [0.15, 0.2) is 30.3 Å². The Bertz CT molecular complexity index is 611. The Kier molecular flexibility index (Phi) is 9.08. The largest absolute Gasteiger partial charge is 0.439 e. The maximum atomic E-state index is 12.4. The lowest BCUT2D eigenvalue weighted by atomic mass is 10.2. The molecule has 0 bridgehead atoms. The van der Waals surface area contributed by atoms with Crippen LogP contribution in [-0.4, -0.2) is 75.2 Å². The van der Waals surface area contributed by atoms with E-state index in [9.17, 15) is 14.4 Å². The van der Waals surface area contributed by atoms with Gasteiger partial charge < -0.3 is 26.0 Å². The van der Waals surface area contributed by atoms with Crippen LogP contribution in [0.2, 0.25) is 0 Å². The molecule has 0 radical (unpaired) electrons. The fourth-order valence-electron chi connectivity index (χ4n) is 2.50. The molecule has 0 unspecified atom stereocenters. The van der Waals surface area contributed by atoms with Crippen LogP contribution in [0.1, 0.15) is 5.56 Å². The zero-order valence-electron chi connectivity index (χ0n) is 15.3. The first-order valence-corrected chi connectivity index (χ1v) is 9.05. The SMILES string of the molecule is O=C1COC(=O)N(Cc2ccccc2)CC(=O)NCCNCCNCCN1. The van der Waals surface area contributed by atoms with Crippen LogP contribution < -0.4 is 21.3 Å². The van der Waals surface area contributed by atoms with Gasteiger partial charge in [-0.1, -0.05) is 30.3 Å². The molecule has 1 aliphatic rings. The van der Waals surface area contributed by atoms with Gasteiger partial charge in [-0.2, -0.15) is 0 Å². The van der Waals surface area contributed by atoms with E-state index in [2.05, 4.69) is 21.3 Å². The number of amides is 3. The van der Waals surface area contributed by atoms with Crippen molar-refractivity contribution in [3.05, 3.63) is 35.9 Å². The van der Waals surface area contributed by atoms with E-state index in [1.807, 2.05) is 30.3 Å². The molecule has 9 heteroatoms. The van der Waals surface area contributed by atoms with Crippen molar-refractivity contribution >= 4 is 17.9 Å². The average molecular weight is 377 g/mol. The molecule has 148 valence electrons. The molecule has 27 heavy (non-hydrogen) atoms. The van der Waals surface area contributed by atoms with Gasteiger partial charge in [-0.15, -0.1) is 0 Å². The Morgan fingerprint density at radius 1 is 0.815 bits per heavy atom. The van der Waals surface area contributed by atoms with Crippen molar-refractivity contribution in [1.29, 1.82) is 0 Å². The smallest absolute Gasteiger partial charge is 0.411 e. The highest BCUT2D eigenvalue weighted by molar-refractivity contribution is 5.83. The van der Waals surface area contributed by atoms with Gasteiger partial charge in [0.05, 0.1) is 0 Å². The Hall–Kier alpha value is -2.65. The van der Waals surface area contributed by atoms with Crippen LogP contribution in [0.3, 0.4) is 0 Å². The minimum atomic E-state index is -0.704. The molecular weight excluding hydrogens is 350 g/mol. The number of cyclic esters (lactones) is 1. The number of nitrogens with zero attached hydrogens (tertiary/aromatic N) is 1. The van der Waals surface area contributed by atoms with E-state index in [4.69, 9.17) is 4.74 Å². The highest BCUT2D eigenvalue weighted by Gasteiger charge is 2.20. The number of hydrogen-bond donors (Lipinski definition) is 4. The third-order valence-electron chi connectivity index (χ3n) is 3.86. The van der Waals surface area contributed by atoms with E-state index in [0.717, 1.165) is 18.7 Å². The first kappa shape index (κ1) is 20.7. The van der Waals surface area contributed by atoms with Gasteiger partial charge in [0.1, 0.15) is 6.54 Å². The predicted molar refractivity (Wildman–Crippen MR) is 100.0 cm³/mol. The van der Waals surface area contributed by atoms with E-state index in [0.29, 0.717) is 26.2 Å². The summed E-state index contributed by atoms with van der Waals surface area (Å²) >= 11 is 0. The second kappa shape index (κ2) is 11.9. The fraction of sp³-hybridized carbons (Fsp3) is 0.500. The van der Waals surface area contributed by atoms with E-state index >= 15 is 0 Å². The Labute approximate surface area is 158 Å². The molecule has 1 heterocycles. The molecule has 1 aliphatic heterocycles. The van der Waals surface area contributed by atoms with E-state index in [1.165, 1.54) is 4.90 Å². The van der Waals surface area contributed by atoms with Crippen molar-refractivity contribution in [2.24, 2.45) is 0 Å². The minimum absolute atomic E-state index is 0.142. The molecule has 1 aromatic rings. The quantitative estimate of drug-likeness (QED) is 0.529. The molecule has 1 aromatic carbocycles. The van der Waals surface area contributed by atoms with E-state index in [1.54, 1.807) is 0 Å². The van der Waals surface area contributed by atoms with E-state index < -0.39 is 6.09 Å². The summed E-state index contributed by atoms with van der Waals surface area (Å²) in [4.78, 5) is 37.6. The van der Waals surface area contributed by atoms with Gasteiger partial charge in [0.25, 0.3) is 5.91 Å². The van der Waals surface area contributed by atoms with Gasteiger partial charge in [0.2, 0.25) is 5.91 Å². The summed E-state index contributed by atoms with van der Waals surface area (Å²) in [5, 5.41) is 11.8. The molecular formula is C18H27N5O4. The van der Waals surface area contributed by atoms with Gasteiger partial charge in [-0.3, -0.25) is 14.5 Å². The number of benzene rings is 1. The average Bonchev–Trinajstić information content (AvgIpc) is 2.67. The lowest BCUT2D eigenvalue weighted by molar-refractivity contribution is -0.124. The van der Waals surface area contributed by atoms with Crippen LogP contribution in [0.4, 0.5) is 4.79 Å². The third-order valence-corrected chi connectivity index (χ3v) is 3.86. The molecule has 4 N–H and O–H groups in total. The maximum absolute atomic E-state index is 12.4. The first-order valence-electron chi connectivity index (χ1n) is 9.05. The molecule has 1 saturated heterocycles. The van der Waals surface area contributed by atoms with Gasteiger partial charge in [0, 0.05) is 45.8 Å². The molecule has 3 amide bonds. The first-order chi connectivity index (χ1) is 13.1. The standard InChI is InChI=1S/C18H27N5O4/c24-16-13-23(12-15-4-2-1-3-5-15)18(26)27-14-17(25)22-11-9-20-7-6-19-8-10-21-16/h1-5,19-20H,6-14H2,(H,21,24)(H,22,25). The van der Waals surface area contributed by atoms with Crippen LogP contribution in [0.5, 0.6) is 0 Å². The van der Waals surface area contributed by atoms with Crippen molar-refractivity contribution in [3.63, 3.8) is 0 Å². The summed E-state index contributed by atoms with van der Waals surface area (Å²) in [6.45, 7) is 3.37. The molecule has 1 fully saturated rings. The van der Waals surface area contributed by atoms with Gasteiger partial charge in [-0.05, 0) is 5.56 Å². The van der Waals surface area contributed by atoms with Crippen molar-refractivity contribution < 1.29 is 19.1 Å². The molecule has 0 saturated carbocycles. The second-order valence-corrected chi connectivity index (χ2v) is 6.10. The van der Waals surface area contributed by atoms with Gasteiger partial charge in [0.15, 0.2) is 6.61 Å². The molecule has 0 atom stereocenters. The number of carbonyl (C=O) groups is 3. The summed E-state index contributed by atoms with van der Waals surface area (Å²) in [5.74, 6) is -0.659. The maximum Gasteiger partial charge on any atom is 0.411 e. The van der Waals surface area contributed by atoms with Crippen LogP contribution in [0, 0.1) is 0 Å². The van der Waals surface area contributed by atoms with Crippen molar-refractivity contribution in [2.45, 2.75) is 6.54 Å². The fourth-order valence-corrected chi connectivity index (χ4v) is 2.50. The molecule has 0 spiro atoms. The summed E-state index contributed by atoms with van der Waals surface area (Å²) in [7, 11) is 0. The predicted octanol–water partition coefficient (Wildman–Crippen LogP) is -0.950. The third kappa shape index (κ3) is 8.52. The normalized spacial score (nSPS) is 18.8. The molecule has 2 rings (SSSR count). The molecule has 0 aromatic heterocycles. The summed E-state index contributed by atoms with van der Waals surface area (Å²) in [6.07, 6.45) is -0.704. The van der Waals surface area contributed by atoms with Crippen molar-refractivity contribution in [2.75, 3.05) is 52.4 Å². The summed E-state index contributed by atoms with van der Waals surface area (Å²) in [6, 6.07) is 9.30. The monoisotopic (exact) mass is 377 g/mol. The number of carbonyl (C=O) groups excluding carboxylic acids is 3. The second-order valence-electron chi connectivity index (χ2n) is 6.10. The highest BCUT2D eigenvalue weighted by Crippen LogP contribution is 2.06. The Morgan fingerprint density at radius 2 is 1.41 bits per heavy atom. The Balaban J connectivity index is 1.98. The molecule has 0 aliphatic carbocycles. The zero-order valence-corrected chi connectivity index (χ0v) is 15.3. The zero-order chi connectivity index (χ0) is 19.3. The lowest BCUT2D eigenvalue weighted by Crippen LogP contribution is -2.43. The number of rotatable bonds is 2.